The van der Waals surface area contributed by atoms with Crippen molar-refractivity contribution < 1.29 is 13.2 Å². The molecule has 0 bridgehead atoms. The van der Waals surface area contributed by atoms with Gasteiger partial charge >= 0.3 is 0 Å². The number of nitrogens with one attached hydrogen (secondary N) is 1. The highest BCUT2D eigenvalue weighted by atomic mass is 32.2. The number of hydrogen-bond donors (Lipinski definition) is 1. The van der Waals surface area contributed by atoms with E-state index in [1.807, 2.05) is 11.9 Å². The van der Waals surface area contributed by atoms with E-state index in [2.05, 4.69) is 5.32 Å². The highest BCUT2D eigenvalue weighted by Crippen LogP contribution is 2.25. The van der Waals surface area contributed by atoms with E-state index in [1.54, 1.807) is 6.92 Å². The van der Waals surface area contributed by atoms with Crippen LogP contribution in [0.4, 0.5) is 0 Å². The lowest BCUT2D eigenvalue weighted by Crippen LogP contribution is -2.48. The molecule has 2 aliphatic rings. The molecule has 6 nitrogen and oxygen atoms in total. The zero-order valence-electron chi connectivity index (χ0n) is 14.5. The fourth-order valence-electron chi connectivity index (χ4n) is 3.63. The molecule has 0 saturated carbocycles. The first-order valence-electron chi connectivity index (χ1n) is 8.89. The minimum Gasteiger partial charge on any atom is -0.342 e. The number of rotatable bonds is 6. The Morgan fingerprint density at radius 2 is 1.87 bits per heavy atom. The highest BCUT2D eigenvalue weighted by molar-refractivity contribution is 7.89. The Morgan fingerprint density at radius 1 is 1.17 bits per heavy atom. The van der Waals surface area contributed by atoms with Gasteiger partial charge in [-0.1, -0.05) is 0 Å². The third-order valence-electron chi connectivity index (χ3n) is 5.22. The van der Waals surface area contributed by atoms with Gasteiger partial charge < -0.3 is 10.2 Å². The van der Waals surface area contributed by atoms with Crippen LogP contribution in [0.5, 0.6) is 0 Å². The number of carbonyl (C=O) groups excluding carboxylic acids is 1. The average Bonchev–Trinajstić information content (AvgIpc) is 2.60. The Labute approximate surface area is 140 Å². The average molecular weight is 346 g/mol. The summed E-state index contributed by atoms with van der Waals surface area (Å²) >= 11 is 0. The van der Waals surface area contributed by atoms with Gasteiger partial charge in [0.05, 0.1) is 11.7 Å². The molecule has 0 radical (unpaired) electrons. The molecular formula is C16H31N3O3S. The second-order valence-corrected chi connectivity index (χ2v) is 9.02. The molecule has 1 amide bonds. The molecular weight excluding hydrogens is 314 g/mol. The van der Waals surface area contributed by atoms with Crippen molar-refractivity contribution in [3.63, 3.8) is 0 Å². The maximum Gasteiger partial charge on any atom is 0.227 e. The van der Waals surface area contributed by atoms with Gasteiger partial charge in [0.2, 0.25) is 15.9 Å². The summed E-state index contributed by atoms with van der Waals surface area (Å²) in [5, 5.41) is 3.18. The van der Waals surface area contributed by atoms with Crippen molar-refractivity contribution in [2.75, 3.05) is 45.5 Å². The monoisotopic (exact) mass is 345 g/mol. The molecule has 2 saturated heterocycles. The van der Waals surface area contributed by atoms with Gasteiger partial charge in [0.15, 0.2) is 0 Å². The molecule has 0 aromatic carbocycles. The lowest BCUT2D eigenvalue weighted by molar-refractivity contribution is -0.138. The van der Waals surface area contributed by atoms with E-state index in [9.17, 15) is 13.2 Å². The number of likely N-dealkylation sites (tertiary alicyclic amines) is 1. The van der Waals surface area contributed by atoms with Crippen molar-refractivity contribution in [3.05, 3.63) is 0 Å². The van der Waals surface area contributed by atoms with E-state index in [0.717, 1.165) is 45.3 Å². The number of amides is 1. The van der Waals surface area contributed by atoms with Crippen LogP contribution >= 0.6 is 0 Å². The number of sulfonamides is 1. The number of carbonyl (C=O) groups is 1. The normalized spacial score (nSPS) is 24.8. The number of piperidine rings is 2. The quantitative estimate of drug-likeness (QED) is 0.776. The van der Waals surface area contributed by atoms with Crippen LogP contribution in [0.1, 0.15) is 39.0 Å². The molecule has 2 aliphatic heterocycles. The van der Waals surface area contributed by atoms with E-state index < -0.39 is 10.0 Å². The second kappa shape index (κ2) is 8.44. The lowest BCUT2D eigenvalue weighted by Gasteiger charge is -2.37. The van der Waals surface area contributed by atoms with Crippen molar-refractivity contribution in [1.29, 1.82) is 0 Å². The topological polar surface area (TPSA) is 69.7 Å². The Hall–Kier alpha value is -0.660. The Morgan fingerprint density at radius 3 is 2.48 bits per heavy atom. The molecule has 134 valence electrons. The number of hydrogen-bond acceptors (Lipinski definition) is 4. The van der Waals surface area contributed by atoms with Crippen LogP contribution in [0.3, 0.4) is 0 Å². The van der Waals surface area contributed by atoms with Crippen molar-refractivity contribution >= 4 is 15.9 Å². The summed E-state index contributed by atoms with van der Waals surface area (Å²) in [6, 6.07) is 0. The first-order valence-corrected chi connectivity index (χ1v) is 10.5. The van der Waals surface area contributed by atoms with Crippen LogP contribution in [-0.4, -0.2) is 69.1 Å². The Kier molecular flexibility index (Phi) is 6.85. The van der Waals surface area contributed by atoms with E-state index >= 15 is 0 Å². The van der Waals surface area contributed by atoms with Gasteiger partial charge in [0.25, 0.3) is 0 Å². The largest absolute Gasteiger partial charge is 0.342 e. The fourth-order valence-corrected chi connectivity index (χ4v) is 4.81. The molecule has 23 heavy (non-hydrogen) atoms. The highest BCUT2D eigenvalue weighted by Gasteiger charge is 2.34. The third-order valence-corrected chi connectivity index (χ3v) is 7.07. The van der Waals surface area contributed by atoms with Crippen LogP contribution in [-0.2, 0) is 14.8 Å². The van der Waals surface area contributed by atoms with Gasteiger partial charge in [-0.05, 0) is 58.5 Å². The molecule has 1 atom stereocenters. The van der Waals surface area contributed by atoms with Gasteiger partial charge in [-0.15, -0.1) is 0 Å². The van der Waals surface area contributed by atoms with Crippen LogP contribution < -0.4 is 5.32 Å². The Bertz CT molecular complexity index is 487. The molecule has 7 heteroatoms. The summed E-state index contributed by atoms with van der Waals surface area (Å²) in [6.45, 7) is 5.27. The predicted octanol–water partition coefficient (Wildman–Crippen LogP) is 0.896. The van der Waals surface area contributed by atoms with E-state index in [4.69, 9.17) is 0 Å². The minimum absolute atomic E-state index is 0.116. The maximum absolute atomic E-state index is 12.7. The molecule has 0 aromatic heterocycles. The van der Waals surface area contributed by atoms with Gasteiger partial charge in [0.1, 0.15) is 0 Å². The molecule has 0 spiro atoms. The van der Waals surface area contributed by atoms with E-state index in [-0.39, 0.29) is 17.6 Å². The van der Waals surface area contributed by atoms with Crippen molar-refractivity contribution in [1.82, 2.24) is 14.5 Å². The minimum atomic E-state index is -3.18. The molecule has 1 unspecified atom stereocenters. The van der Waals surface area contributed by atoms with Crippen LogP contribution in [0, 0.1) is 11.8 Å². The molecule has 0 aromatic rings. The van der Waals surface area contributed by atoms with Crippen molar-refractivity contribution in [2.24, 2.45) is 11.8 Å². The molecule has 2 rings (SSSR count). The van der Waals surface area contributed by atoms with Crippen LogP contribution in [0.25, 0.3) is 0 Å². The standard InChI is InChI=1S/C16H31N3O3S/c1-3-23(21,22)19-10-4-5-15(13-19)16(20)18-11-7-14(8-12-18)6-9-17-2/h14-15,17H,3-13H2,1-2H3. The summed E-state index contributed by atoms with van der Waals surface area (Å²) in [5.74, 6) is 0.826. The SMILES string of the molecule is CCS(=O)(=O)N1CCCC(C(=O)N2CCC(CCNC)CC2)C1. The Balaban J connectivity index is 1.86. The van der Waals surface area contributed by atoms with Crippen LogP contribution in [0.2, 0.25) is 0 Å². The lowest BCUT2D eigenvalue weighted by atomic mass is 9.91. The summed E-state index contributed by atoms with van der Waals surface area (Å²) in [7, 11) is -1.21. The van der Waals surface area contributed by atoms with Gasteiger partial charge in [-0.25, -0.2) is 12.7 Å². The first kappa shape index (κ1) is 18.7. The zero-order valence-corrected chi connectivity index (χ0v) is 15.3. The first-order chi connectivity index (χ1) is 11.0. The number of nitrogens with zero attached hydrogens (tertiary/aromatic N) is 2. The molecule has 1 N–H and O–H groups in total. The summed E-state index contributed by atoms with van der Waals surface area (Å²) in [4.78, 5) is 14.7. The smallest absolute Gasteiger partial charge is 0.227 e. The van der Waals surface area contributed by atoms with Crippen LogP contribution in [0.15, 0.2) is 0 Å². The predicted molar refractivity (Wildman–Crippen MR) is 91.6 cm³/mol. The van der Waals surface area contributed by atoms with E-state index in [1.165, 1.54) is 10.7 Å². The van der Waals surface area contributed by atoms with Crippen molar-refractivity contribution in [2.45, 2.75) is 39.0 Å². The van der Waals surface area contributed by atoms with E-state index in [0.29, 0.717) is 19.0 Å². The van der Waals surface area contributed by atoms with Gasteiger partial charge in [0, 0.05) is 26.2 Å². The molecule has 0 aliphatic carbocycles. The third kappa shape index (κ3) is 4.90. The van der Waals surface area contributed by atoms with Crippen molar-refractivity contribution in [3.8, 4) is 0 Å². The zero-order chi connectivity index (χ0) is 16.9. The van der Waals surface area contributed by atoms with Gasteiger partial charge in [-0.3, -0.25) is 4.79 Å². The maximum atomic E-state index is 12.7. The molecule has 2 heterocycles. The molecule has 2 fully saturated rings. The second-order valence-electron chi connectivity index (χ2n) is 6.76. The summed E-state index contributed by atoms with van der Waals surface area (Å²) < 4.78 is 25.6. The summed E-state index contributed by atoms with van der Waals surface area (Å²) in [5.41, 5.74) is 0. The van der Waals surface area contributed by atoms with Gasteiger partial charge in [-0.2, -0.15) is 0 Å². The summed E-state index contributed by atoms with van der Waals surface area (Å²) in [6.07, 6.45) is 4.90. The fraction of sp³-hybridized carbons (Fsp3) is 0.938.